The third kappa shape index (κ3) is 2.63. The highest BCUT2D eigenvalue weighted by Gasteiger charge is 2.21. The van der Waals surface area contributed by atoms with Gasteiger partial charge in [0.05, 0.1) is 6.20 Å². The van der Waals surface area contributed by atoms with Gasteiger partial charge in [0.25, 0.3) is 0 Å². The Morgan fingerprint density at radius 3 is 2.84 bits per heavy atom. The summed E-state index contributed by atoms with van der Waals surface area (Å²) in [6.45, 7) is 4.29. The van der Waals surface area contributed by atoms with Gasteiger partial charge in [0, 0.05) is 18.2 Å². The number of nitrogens with zero attached hydrogens (tertiary/aromatic N) is 4. The molecule has 0 unspecified atom stereocenters. The normalized spacial score (nSPS) is 14.9. The van der Waals surface area contributed by atoms with Gasteiger partial charge in [-0.2, -0.15) is 4.68 Å². The Morgan fingerprint density at radius 1 is 1.42 bits per heavy atom. The van der Waals surface area contributed by atoms with Crippen LogP contribution in [0, 0.1) is 19.7 Å². The molecule has 0 spiro atoms. The van der Waals surface area contributed by atoms with Crippen molar-refractivity contribution < 1.29 is 4.39 Å². The van der Waals surface area contributed by atoms with Crippen molar-refractivity contribution >= 4 is 0 Å². The molecular formula is C13H16FN5. The van der Waals surface area contributed by atoms with E-state index in [1.165, 1.54) is 25.1 Å². The lowest BCUT2D eigenvalue weighted by Crippen LogP contribution is -2.18. The van der Waals surface area contributed by atoms with Gasteiger partial charge in [-0.05, 0) is 32.8 Å². The third-order valence-electron chi connectivity index (χ3n) is 3.14. The van der Waals surface area contributed by atoms with Crippen LogP contribution in [0.5, 0.6) is 0 Å². The zero-order valence-corrected chi connectivity index (χ0v) is 11.0. The molecule has 1 N–H and O–H groups in total. The van der Waals surface area contributed by atoms with E-state index in [4.69, 9.17) is 0 Å². The molecule has 2 heterocycles. The zero-order chi connectivity index (χ0) is 13.4. The average Bonchev–Trinajstić information content (AvgIpc) is 3.12. The highest BCUT2D eigenvalue weighted by Crippen LogP contribution is 2.21. The van der Waals surface area contributed by atoms with Crippen molar-refractivity contribution in [2.45, 2.75) is 39.3 Å². The summed E-state index contributed by atoms with van der Waals surface area (Å²) in [5.74, 6) is 1.76. The Balaban J connectivity index is 1.96. The number of nitrogens with one attached hydrogen (secondary N) is 1. The van der Waals surface area contributed by atoms with Crippen molar-refractivity contribution in [1.29, 1.82) is 0 Å². The molecule has 0 aromatic carbocycles. The summed E-state index contributed by atoms with van der Waals surface area (Å²) in [5, 5.41) is 7.67. The minimum absolute atomic E-state index is 0.328. The van der Waals surface area contributed by atoms with E-state index in [0.717, 1.165) is 11.4 Å². The summed E-state index contributed by atoms with van der Waals surface area (Å²) in [6.07, 6.45) is 3.60. The highest BCUT2D eigenvalue weighted by atomic mass is 19.1. The summed E-state index contributed by atoms with van der Waals surface area (Å²) in [7, 11) is 0. The van der Waals surface area contributed by atoms with E-state index in [1.54, 1.807) is 4.68 Å². The van der Waals surface area contributed by atoms with Crippen LogP contribution in [0.1, 0.15) is 30.1 Å². The maximum absolute atomic E-state index is 13.4. The summed E-state index contributed by atoms with van der Waals surface area (Å²) < 4.78 is 15.0. The molecule has 1 aliphatic carbocycles. The third-order valence-corrected chi connectivity index (χ3v) is 3.14. The van der Waals surface area contributed by atoms with Crippen molar-refractivity contribution in [3.05, 3.63) is 35.3 Å². The fraction of sp³-hybridized carbons (Fsp3) is 0.462. The molecule has 5 nitrogen and oxygen atoms in total. The Morgan fingerprint density at radius 2 is 2.21 bits per heavy atom. The lowest BCUT2D eigenvalue weighted by atomic mass is 10.2. The summed E-state index contributed by atoms with van der Waals surface area (Å²) >= 11 is 0. The summed E-state index contributed by atoms with van der Waals surface area (Å²) in [6, 6.07) is 2.07. The molecule has 2 aromatic heterocycles. The van der Waals surface area contributed by atoms with Gasteiger partial charge in [0.1, 0.15) is 17.5 Å². The number of pyridine rings is 1. The van der Waals surface area contributed by atoms with Gasteiger partial charge in [0.2, 0.25) is 0 Å². The average molecular weight is 261 g/mol. The van der Waals surface area contributed by atoms with E-state index in [-0.39, 0.29) is 5.82 Å². The molecule has 1 aliphatic rings. The van der Waals surface area contributed by atoms with Crippen molar-refractivity contribution in [3.8, 4) is 5.82 Å². The second kappa shape index (κ2) is 4.70. The second-order valence-electron chi connectivity index (χ2n) is 4.91. The summed E-state index contributed by atoms with van der Waals surface area (Å²) in [4.78, 5) is 8.42. The van der Waals surface area contributed by atoms with Crippen molar-refractivity contribution in [1.82, 2.24) is 25.1 Å². The molecule has 3 rings (SSSR count). The molecule has 0 radical (unpaired) electrons. The zero-order valence-electron chi connectivity index (χ0n) is 11.0. The van der Waals surface area contributed by atoms with Gasteiger partial charge in [-0.15, -0.1) is 5.10 Å². The first-order valence-electron chi connectivity index (χ1n) is 6.42. The monoisotopic (exact) mass is 261 g/mol. The van der Waals surface area contributed by atoms with E-state index < -0.39 is 0 Å². The van der Waals surface area contributed by atoms with Crippen LogP contribution in [0.15, 0.2) is 12.3 Å². The first-order chi connectivity index (χ1) is 9.13. The van der Waals surface area contributed by atoms with E-state index >= 15 is 0 Å². The van der Waals surface area contributed by atoms with E-state index in [0.29, 0.717) is 24.2 Å². The molecule has 0 aliphatic heterocycles. The number of halogens is 1. The number of aromatic nitrogens is 4. The van der Waals surface area contributed by atoms with Crippen LogP contribution >= 0.6 is 0 Å². The van der Waals surface area contributed by atoms with Gasteiger partial charge >= 0.3 is 0 Å². The van der Waals surface area contributed by atoms with Gasteiger partial charge in [0.15, 0.2) is 5.82 Å². The van der Waals surface area contributed by atoms with Crippen molar-refractivity contribution in [3.63, 3.8) is 0 Å². The molecule has 2 aromatic rings. The van der Waals surface area contributed by atoms with E-state index in [1.807, 2.05) is 13.8 Å². The molecular weight excluding hydrogens is 245 g/mol. The standard InChI is InChI=1S/C13H16FN5/c1-8-17-9(2)19(18-8)13-10(5-11(14)7-16-13)6-15-12-3-4-12/h5,7,12,15H,3-4,6H2,1-2H3. The lowest BCUT2D eigenvalue weighted by Gasteiger charge is -2.10. The quantitative estimate of drug-likeness (QED) is 0.909. The van der Waals surface area contributed by atoms with Crippen LogP contribution < -0.4 is 5.32 Å². The molecule has 19 heavy (non-hydrogen) atoms. The molecule has 1 fully saturated rings. The predicted octanol–water partition coefficient (Wildman–Crippen LogP) is 1.67. The number of aryl methyl sites for hydroxylation is 2. The van der Waals surface area contributed by atoms with Crippen molar-refractivity contribution in [2.24, 2.45) is 0 Å². The molecule has 0 saturated heterocycles. The van der Waals surface area contributed by atoms with Crippen LogP contribution in [0.2, 0.25) is 0 Å². The Labute approximate surface area is 110 Å². The topological polar surface area (TPSA) is 55.6 Å². The van der Waals surface area contributed by atoms with Crippen LogP contribution in [0.3, 0.4) is 0 Å². The fourth-order valence-corrected chi connectivity index (χ4v) is 2.06. The van der Waals surface area contributed by atoms with Gasteiger partial charge < -0.3 is 5.32 Å². The number of hydrogen-bond acceptors (Lipinski definition) is 4. The molecule has 1 saturated carbocycles. The highest BCUT2D eigenvalue weighted by molar-refractivity contribution is 5.34. The van der Waals surface area contributed by atoms with Crippen LogP contribution in [0.25, 0.3) is 5.82 Å². The maximum Gasteiger partial charge on any atom is 0.160 e. The van der Waals surface area contributed by atoms with Crippen LogP contribution in [-0.2, 0) is 6.54 Å². The minimum atomic E-state index is -0.328. The number of hydrogen-bond donors (Lipinski definition) is 1. The smallest absolute Gasteiger partial charge is 0.160 e. The molecule has 0 bridgehead atoms. The van der Waals surface area contributed by atoms with Crippen LogP contribution in [-0.4, -0.2) is 25.8 Å². The van der Waals surface area contributed by atoms with Crippen molar-refractivity contribution in [2.75, 3.05) is 0 Å². The Kier molecular flexibility index (Phi) is 3.02. The van der Waals surface area contributed by atoms with Gasteiger partial charge in [-0.3, -0.25) is 0 Å². The Hall–Kier alpha value is -1.82. The molecule has 6 heteroatoms. The van der Waals surface area contributed by atoms with E-state index in [2.05, 4.69) is 20.4 Å². The first-order valence-corrected chi connectivity index (χ1v) is 6.42. The second-order valence-corrected chi connectivity index (χ2v) is 4.91. The maximum atomic E-state index is 13.4. The number of rotatable bonds is 4. The molecule has 0 atom stereocenters. The summed E-state index contributed by atoms with van der Waals surface area (Å²) in [5.41, 5.74) is 0.805. The minimum Gasteiger partial charge on any atom is -0.310 e. The Bertz CT molecular complexity index is 603. The van der Waals surface area contributed by atoms with Gasteiger partial charge in [-0.1, -0.05) is 0 Å². The predicted molar refractivity (Wildman–Crippen MR) is 68.4 cm³/mol. The largest absolute Gasteiger partial charge is 0.310 e. The fourth-order valence-electron chi connectivity index (χ4n) is 2.06. The van der Waals surface area contributed by atoms with Gasteiger partial charge in [-0.25, -0.2) is 14.4 Å². The SMILES string of the molecule is Cc1nc(C)n(-c2ncc(F)cc2CNC2CC2)n1. The molecule has 100 valence electrons. The lowest BCUT2D eigenvalue weighted by molar-refractivity contribution is 0.606. The van der Waals surface area contributed by atoms with E-state index in [9.17, 15) is 4.39 Å². The van der Waals surface area contributed by atoms with Crippen LogP contribution in [0.4, 0.5) is 4.39 Å². The molecule has 0 amide bonds. The first kappa shape index (κ1) is 12.2.